The molecule has 1 aliphatic rings. The normalized spacial score (nSPS) is 14.9. The summed E-state index contributed by atoms with van der Waals surface area (Å²) in [5.74, 6) is -0.499. The zero-order chi connectivity index (χ0) is 19.4. The number of rotatable bonds is 5. The van der Waals surface area contributed by atoms with E-state index in [4.69, 9.17) is 26.3 Å². The Kier molecular flexibility index (Phi) is 5.29. The molecule has 0 spiro atoms. The third-order valence-electron chi connectivity index (χ3n) is 3.75. The molecule has 0 aliphatic carbocycles. The monoisotopic (exact) mass is 383 g/mol. The van der Waals surface area contributed by atoms with Crippen molar-refractivity contribution in [1.82, 2.24) is 5.43 Å². The number of amides is 2. The highest BCUT2D eigenvalue weighted by Gasteiger charge is 2.34. The molecule has 136 valence electrons. The van der Waals surface area contributed by atoms with Crippen LogP contribution in [0.4, 0.5) is 5.69 Å². The molecule has 1 heterocycles. The maximum absolute atomic E-state index is 12.6. The van der Waals surface area contributed by atoms with E-state index in [-0.39, 0.29) is 28.7 Å². The highest BCUT2D eigenvalue weighted by atomic mass is 35.5. The van der Waals surface area contributed by atoms with Gasteiger partial charge in [-0.05, 0) is 35.9 Å². The van der Waals surface area contributed by atoms with Crippen LogP contribution in [0.15, 0.2) is 48.0 Å². The van der Waals surface area contributed by atoms with E-state index in [0.29, 0.717) is 11.3 Å². The van der Waals surface area contributed by atoms with Gasteiger partial charge in [0, 0.05) is 0 Å². The number of ether oxygens (including phenoxy) is 2. The van der Waals surface area contributed by atoms with Gasteiger partial charge in [0.25, 0.3) is 11.8 Å². The van der Waals surface area contributed by atoms with Gasteiger partial charge in [0.15, 0.2) is 18.1 Å². The molecular formula is C19H14ClN3O4. The van der Waals surface area contributed by atoms with Crippen molar-refractivity contribution in [3.05, 3.63) is 58.6 Å². The third kappa shape index (κ3) is 3.71. The zero-order valence-electron chi connectivity index (χ0n) is 14.2. The minimum Gasteiger partial charge on any atom is -0.493 e. The van der Waals surface area contributed by atoms with Crippen LogP contribution in [0.1, 0.15) is 5.56 Å². The fraction of sp³-hybridized carbons (Fsp3) is 0.105. The summed E-state index contributed by atoms with van der Waals surface area (Å²) in [5.41, 5.74) is 3.52. The first-order valence-corrected chi connectivity index (χ1v) is 8.22. The molecule has 8 heteroatoms. The van der Waals surface area contributed by atoms with Crippen molar-refractivity contribution in [3.8, 4) is 17.6 Å². The van der Waals surface area contributed by atoms with E-state index in [1.54, 1.807) is 30.3 Å². The van der Waals surface area contributed by atoms with E-state index < -0.39 is 11.8 Å². The number of halogens is 1. The molecule has 7 nitrogen and oxygen atoms in total. The first kappa shape index (κ1) is 18.3. The van der Waals surface area contributed by atoms with E-state index in [2.05, 4.69) is 5.43 Å². The molecule has 27 heavy (non-hydrogen) atoms. The average molecular weight is 384 g/mol. The molecule has 2 aromatic carbocycles. The lowest BCUT2D eigenvalue weighted by molar-refractivity contribution is -0.117. The zero-order valence-corrected chi connectivity index (χ0v) is 15.0. The number of hydrogen-bond acceptors (Lipinski definition) is 5. The SMILES string of the molecule is COc1cc(/C=C2/C(=O)NN(c3ccccc3)C2=O)cc(Cl)c1OCC#N. The Bertz CT molecular complexity index is 967. The molecule has 1 aliphatic heterocycles. The quantitative estimate of drug-likeness (QED) is 0.633. The first-order chi connectivity index (χ1) is 13.0. The number of hydrogen-bond donors (Lipinski definition) is 1. The summed E-state index contributed by atoms with van der Waals surface area (Å²) < 4.78 is 10.5. The highest BCUT2D eigenvalue weighted by Crippen LogP contribution is 2.37. The van der Waals surface area contributed by atoms with Gasteiger partial charge < -0.3 is 9.47 Å². The fourth-order valence-corrected chi connectivity index (χ4v) is 2.82. The van der Waals surface area contributed by atoms with Gasteiger partial charge in [-0.15, -0.1) is 0 Å². The second-order valence-electron chi connectivity index (χ2n) is 5.46. The summed E-state index contributed by atoms with van der Waals surface area (Å²) in [7, 11) is 1.42. The summed E-state index contributed by atoms with van der Waals surface area (Å²) in [6.45, 7) is -0.191. The molecule has 0 saturated carbocycles. The highest BCUT2D eigenvalue weighted by molar-refractivity contribution is 6.33. The predicted octanol–water partition coefficient (Wildman–Crippen LogP) is 2.71. The molecule has 0 aromatic heterocycles. The molecule has 0 bridgehead atoms. The largest absolute Gasteiger partial charge is 0.493 e. The summed E-state index contributed by atoms with van der Waals surface area (Å²) in [6, 6.07) is 13.7. The number of nitrogens with zero attached hydrogens (tertiary/aromatic N) is 2. The maximum atomic E-state index is 12.6. The standard InChI is InChI=1S/C19H14ClN3O4/c1-26-16-11-12(10-15(20)17(16)27-8-7-21)9-14-18(24)22-23(19(14)25)13-5-3-2-4-6-13/h2-6,9-11H,8H2,1H3,(H,22,24)/b14-9-. The second-order valence-corrected chi connectivity index (χ2v) is 5.86. The van der Waals surface area contributed by atoms with Crippen LogP contribution in [-0.2, 0) is 9.59 Å². The molecule has 1 fully saturated rings. The molecule has 1 N–H and O–H groups in total. The van der Waals surface area contributed by atoms with Gasteiger partial charge in [-0.25, -0.2) is 5.01 Å². The Morgan fingerprint density at radius 2 is 2.00 bits per heavy atom. The van der Waals surface area contributed by atoms with E-state index in [1.807, 2.05) is 12.1 Å². The molecule has 2 aromatic rings. The van der Waals surface area contributed by atoms with Crippen LogP contribution in [0.2, 0.25) is 5.02 Å². The molecular weight excluding hydrogens is 370 g/mol. The molecule has 2 amide bonds. The van der Waals surface area contributed by atoms with Gasteiger partial charge in [-0.2, -0.15) is 5.26 Å². The topological polar surface area (TPSA) is 91.7 Å². The number of carbonyl (C=O) groups excluding carboxylic acids is 2. The minimum atomic E-state index is -0.524. The number of anilines is 1. The van der Waals surface area contributed by atoms with Crippen molar-refractivity contribution in [2.24, 2.45) is 0 Å². The van der Waals surface area contributed by atoms with Crippen molar-refractivity contribution >= 4 is 35.2 Å². The van der Waals surface area contributed by atoms with Gasteiger partial charge in [0.05, 0.1) is 17.8 Å². The van der Waals surface area contributed by atoms with Crippen LogP contribution >= 0.6 is 11.6 Å². The number of hydrazine groups is 1. The van der Waals surface area contributed by atoms with Gasteiger partial charge in [-0.1, -0.05) is 29.8 Å². The van der Waals surface area contributed by atoms with Crippen molar-refractivity contribution in [2.45, 2.75) is 0 Å². The Morgan fingerprint density at radius 1 is 1.26 bits per heavy atom. The summed E-state index contributed by atoms with van der Waals surface area (Å²) in [5, 5.41) is 10.0. The van der Waals surface area contributed by atoms with Crippen molar-refractivity contribution < 1.29 is 19.1 Å². The molecule has 1 saturated heterocycles. The number of nitrogens with one attached hydrogen (secondary N) is 1. The Labute approximate surface area is 160 Å². The van der Waals surface area contributed by atoms with Crippen LogP contribution in [0.25, 0.3) is 6.08 Å². The van der Waals surface area contributed by atoms with E-state index >= 15 is 0 Å². The number of carbonyl (C=O) groups is 2. The molecule has 3 rings (SSSR count). The van der Waals surface area contributed by atoms with Crippen LogP contribution in [0, 0.1) is 11.3 Å². The van der Waals surface area contributed by atoms with Crippen molar-refractivity contribution in [3.63, 3.8) is 0 Å². The van der Waals surface area contributed by atoms with Crippen LogP contribution < -0.4 is 19.9 Å². The molecule has 0 atom stereocenters. The Morgan fingerprint density at radius 3 is 2.67 bits per heavy atom. The third-order valence-corrected chi connectivity index (χ3v) is 4.03. The first-order valence-electron chi connectivity index (χ1n) is 7.84. The molecule has 0 radical (unpaired) electrons. The smallest absolute Gasteiger partial charge is 0.282 e. The van der Waals surface area contributed by atoms with Gasteiger partial charge in [0.1, 0.15) is 11.6 Å². The second kappa shape index (κ2) is 7.81. The number of benzene rings is 2. The van der Waals surface area contributed by atoms with Gasteiger partial charge in [0.2, 0.25) is 0 Å². The number of para-hydroxylation sites is 1. The minimum absolute atomic E-state index is 0.0392. The van der Waals surface area contributed by atoms with Crippen LogP contribution in [0.5, 0.6) is 11.5 Å². The van der Waals surface area contributed by atoms with Gasteiger partial charge in [-0.3, -0.25) is 15.0 Å². The fourth-order valence-electron chi connectivity index (χ4n) is 2.55. The lowest BCUT2D eigenvalue weighted by atomic mass is 10.1. The van der Waals surface area contributed by atoms with Crippen LogP contribution in [-0.4, -0.2) is 25.5 Å². The maximum Gasteiger partial charge on any atom is 0.282 e. The summed E-state index contributed by atoms with van der Waals surface area (Å²) in [6.07, 6.45) is 1.42. The lowest BCUT2D eigenvalue weighted by Gasteiger charge is -2.14. The van der Waals surface area contributed by atoms with Gasteiger partial charge >= 0.3 is 0 Å². The number of methoxy groups -OCH3 is 1. The number of nitriles is 1. The van der Waals surface area contributed by atoms with E-state index in [0.717, 1.165) is 0 Å². The summed E-state index contributed by atoms with van der Waals surface area (Å²) >= 11 is 6.19. The molecule has 0 unspecified atom stereocenters. The van der Waals surface area contributed by atoms with E-state index in [1.165, 1.54) is 24.3 Å². The summed E-state index contributed by atoms with van der Waals surface area (Å²) in [4.78, 5) is 24.9. The predicted molar refractivity (Wildman–Crippen MR) is 99.2 cm³/mol. The Balaban J connectivity index is 1.94. The van der Waals surface area contributed by atoms with E-state index in [9.17, 15) is 9.59 Å². The Hall–Kier alpha value is -3.50. The van der Waals surface area contributed by atoms with Crippen molar-refractivity contribution in [1.29, 1.82) is 5.26 Å². The van der Waals surface area contributed by atoms with Crippen molar-refractivity contribution in [2.75, 3.05) is 18.7 Å². The van der Waals surface area contributed by atoms with Crippen LogP contribution in [0.3, 0.4) is 0 Å². The lowest BCUT2D eigenvalue weighted by Crippen LogP contribution is -2.35. The average Bonchev–Trinajstić information content (AvgIpc) is 2.95.